The van der Waals surface area contributed by atoms with Gasteiger partial charge in [-0.05, 0) is 25.0 Å². The topological polar surface area (TPSA) is 17.3 Å². The van der Waals surface area contributed by atoms with Crippen molar-refractivity contribution in [1.82, 2.24) is 9.38 Å². The zero-order valence-electron chi connectivity index (χ0n) is 10.7. The molecule has 0 spiro atoms. The molecule has 0 bridgehead atoms. The molecule has 3 aromatic rings. The lowest BCUT2D eigenvalue weighted by atomic mass is 10.1. The third-order valence-corrected chi connectivity index (χ3v) is 3.29. The molecular weight excluding hydrogens is 220 g/mol. The lowest BCUT2D eigenvalue weighted by molar-refractivity contribution is 1.08. The fraction of sp³-hybridized carbons (Fsp3) is 0.188. The van der Waals surface area contributed by atoms with E-state index < -0.39 is 0 Å². The summed E-state index contributed by atoms with van der Waals surface area (Å²) in [5.74, 6) is 0. The molecule has 0 aliphatic carbocycles. The van der Waals surface area contributed by atoms with Crippen molar-refractivity contribution in [2.75, 3.05) is 0 Å². The van der Waals surface area contributed by atoms with Gasteiger partial charge in [-0.15, -0.1) is 0 Å². The van der Waals surface area contributed by atoms with E-state index in [9.17, 15) is 0 Å². The van der Waals surface area contributed by atoms with Gasteiger partial charge in [-0.1, -0.05) is 42.8 Å². The number of rotatable bonds is 2. The zero-order valence-corrected chi connectivity index (χ0v) is 10.7. The number of nitrogens with zero attached hydrogens (tertiary/aromatic N) is 2. The monoisotopic (exact) mass is 236 g/mol. The largest absolute Gasteiger partial charge is 0.306 e. The molecule has 0 fully saturated rings. The van der Waals surface area contributed by atoms with Crippen LogP contribution in [0.3, 0.4) is 0 Å². The molecule has 2 nitrogen and oxygen atoms in total. The van der Waals surface area contributed by atoms with E-state index in [1.54, 1.807) is 0 Å². The SMILES string of the molecule is CCc1cccn2cc(-c3ccc(C)cc3)nc12. The maximum absolute atomic E-state index is 4.75. The van der Waals surface area contributed by atoms with Crippen molar-refractivity contribution < 1.29 is 0 Å². The van der Waals surface area contributed by atoms with Gasteiger partial charge in [-0.3, -0.25) is 0 Å². The summed E-state index contributed by atoms with van der Waals surface area (Å²) in [6.07, 6.45) is 5.16. The van der Waals surface area contributed by atoms with Crippen molar-refractivity contribution >= 4 is 5.65 Å². The van der Waals surface area contributed by atoms with E-state index in [-0.39, 0.29) is 0 Å². The summed E-state index contributed by atoms with van der Waals surface area (Å²) in [5, 5.41) is 0. The van der Waals surface area contributed by atoms with Crippen LogP contribution in [0.5, 0.6) is 0 Å². The van der Waals surface area contributed by atoms with Crippen LogP contribution >= 0.6 is 0 Å². The van der Waals surface area contributed by atoms with Gasteiger partial charge in [-0.2, -0.15) is 0 Å². The minimum atomic E-state index is 1.01. The quantitative estimate of drug-likeness (QED) is 0.660. The predicted octanol–water partition coefficient (Wildman–Crippen LogP) is 3.87. The Morgan fingerprint density at radius 3 is 2.61 bits per heavy atom. The number of pyridine rings is 1. The van der Waals surface area contributed by atoms with E-state index in [0.29, 0.717) is 0 Å². The van der Waals surface area contributed by atoms with E-state index in [4.69, 9.17) is 4.98 Å². The summed E-state index contributed by atoms with van der Waals surface area (Å²) < 4.78 is 2.11. The first-order valence-corrected chi connectivity index (χ1v) is 6.31. The normalized spacial score (nSPS) is 11.0. The summed E-state index contributed by atoms with van der Waals surface area (Å²) in [6.45, 7) is 4.26. The van der Waals surface area contributed by atoms with Crippen LogP contribution < -0.4 is 0 Å². The van der Waals surface area contributed by atoms with Crippen molar-refractivity contribution in [1.29, 1.82) is 0 Å². The number of aromatic nitrogens is 2. The number of fused-ring (bicyclic) bond motifs is 1. The van der Waals surface area contributed by atoms with Gasteiger partial charge in [0.15, 0.2) is 0 Å². The number of aryl methyl sites for hydroxylation is 2. The first-order valence-electron chi connectivity index (χ1n) is 6.31. The third-order valence-electron chi connectivity index (χ3n) is 3.29. The molecule has 0 N–H and O–H groups in total. The highest BCUT2D eigenvalue weighted by molar-refractivity contribution is 5.64. The summed E-state index contributed by atoms with van der Waals surface area (Å²) in [5.41, 5.74) is 5.84. The van der Waals surface area contributed by atoms with E-state index in [1.807, 2.05) is 0 Å². The number of benzene rings is 1. The van der Waals surface area contributed by atoms with Crippen molar-refractivity contribution in [3.8, 4) is 11.3 Å². The minimum absolute atomic E-state index is 1.01. The molecule has 0 amide bonds. The van der Waals surface area contributed by atoms with Crippen molar-refractivity contribution in [3.63, 3.8) is 0 Å². The summed E-state index contributed by atoms with van der Waals surface area (Å²) in [7, 11) is 0. The molecule has 2 heteroatoms. The smallest absolute Gasteiger partial charge is 0.140 e. The van der Waals surface area contributed by atoms with Crippen molar-refractivity contribution in [3.05, 3.63) is 59.9 Å². The molecular formula is C16H16N2. The Labute approximate surface area is 107 Å². The maximum atomic E-state index is 4.75. The molecule has 0 aliphatic rings. The standard InChI is InChI=1S/C16H16N2/c1-3-13-5-4-10-18-11-15(17-16(13)18)14-8-6-12(2)7-9-14/h4-11H,3H2,1-2H3. The lowest BCUT2D eigenvalue weighted by Gasteiger charge is -1.98. The molecule has 0 saturated carbocycles. The van der Waals surface area contributed by atoms with Gasteiger partial charge in [0.2, 0.25) is 0 Å². The average molecular weight is 236 g/mol. The lowest BCUT2D eigenvalue weighted by Crippen LogP contribution is -1.88. The van der Waals surface area contributed by atoms with Crippen LogP contribution in [-0.4, -0.2) is 9.38 Å². The summed E-state index contributed by atoms with van der Waals surface area (Å²) in [6, 6.07) is 12.7. The van der Waals surface area contributed by atoms with Crippen LogP contribution in [0.2, 0.25) is 0 Å². The van der Waals surface area contributed by atoms with Crippen LogP contribution in [0, 0.1) is 6.92 Å². The highest BCUT2D eigenvalue weighted by Crippen LogP contribution is 2.21. The Bertz CT molecular complexity index is 678. The molecule has 1 aromatic carbocycles. The highest BCUT2D eigenvalue weighted by Gasteiger charge is 2.06. The summed E-state index contributed by atoms with van der Waals surface area (Å²) >= 11 is 0. The molecule has 2 heterocycles. The number of imidazole rings is 1. The van der Waals surface area contributed by atoms with Crippen LogP contribution in [0.25, 0.3) is 16.9 Å². The van der Waals surface area contributed by atoms with Crippen LogP contribution in [0.1, 0.15) is 18.1 Å². The molecule has 90 valence electrons. The maximum Gasteiger partial charge on any atom is 0.140 e. The van der Waals surface area contributed by atoms with Gasteiger partial charge in [-0.25, -0.2) is 4.98 Å². The highest BCUT2D eigenvalue weighted by atomic mass is 15.0. The minimum Gasteiger partial charge on any atom is -0.306 e. The van der Waals surface area contributed by atoms with E-state index in [0.717, 1.165) is 17.8 Å². The van der Waals surface area contributed by atoms with Crippen molar-refractivity contribution in [2.45, 2.75) is 20.3 Å². The van der Waals surface area contributed by atoms with Crippen LogP contribution in [0.15, 0.2) is 48.8 Å². The number of hydrogen-bond acceptors (Lipinski definition) is 1. The second kappa shape index (κ2) is 4.30. The summed E-state index contributed by atoms with van der Waals surface area (Å²) in [4.78, 5) is 4.75. The van der Waals surface area contributed by atoms with E-state index in [2.05, 4.69) is 67.0 Å². The fourth-order valence-electron chi connectivity index (χ4n) is 2.21. The van der Waals surface area contributed by atoms with Gasteiger partial charge in [0, 0.05) is 18.0 Å². The second-order valence-electron chi connectivity index (χ2n) is 4.61. The molecule has 3 rings (SSSR count). The van der Waals surface area contributed by atoms with Gasteiger partial charge in [0.1, 0.15) is 5.65 Å². The first kappa shape index (κ1) is 11.0. The molecule has 0 saturated heterocycles. The third kappa shape index (κ3) is 1.80. The predicted molar refractivity (Wildman–Crippen MR) is 74.7 cm³/mol. The Balaban J connectivity index is 2.16. The molecule has 0 aliphatic heterocycles. The number of hydrogen-bond donors (Lipinski definition) is 0. The zero-order chi connectivity index (χ0) is 12.5. The van der Waals surface area contributed by atoms with E-state index in [1.165, 1.54) is 16.7 Å². The molecule has 18 heavy (non-hydrogen) atoms. The second-order valence-corrected chi connectivity index (χ2v) is 4.61. The van der Waals surface area contributed by atoms with Gasteiger partial charge in [0.25, 0.3) is 0 Å². The molecule has 2 aromatic heterocycles. The Hall–Kier alpha value is -2.09. The Morgan fingerprint density at radius 2 is 1.89 bits per heavy atom. The molecule has 0 unspecified atom stereocenters. The Kier molecular flexibility index (Phi) is 2.63. The fourth-order valence-corrected chi connectivity index (χ4v) is 2.21. The first-order chi connectivity index (χ1) is 8.78. The van der Waals surface area contributed by atoms with E-state index >= 15 is 0 Å². The van der Waals surface area contributed by atoms with Gasteiger partial charge >= 0.3 is 0 Å². The van der Waals surface area contributed by atoms with Crippen LogP contribution in [0.4, 0.5) is 0 Å². The van der Waals surface area contributed by atoms with Crippen molar-refractivity contribution in [2.24, 2.45) is 0 Å². The van der Waals surface area contributed by atoms with Gasteiger partial charge in [0.05, 0.1) is 5.69 Å². The Morgan fingerprint density at radius 1 is 1.11 bits per heavy atom. The molecule has 0 atom stereocenters. The van der Waals surface area contributed by atoms with Gasteiger partial charge < -0.3 is 4.40 Å². The molecule has 0 radical (unpaired) electrons. The van der Waals surface area contributed by atoms with Crippen LogP contribution in [-0.2, 0) is 6.42 Å². The average Bonchev–Trinajstić information content (AvgIpc) is 2.83.